The molecule has 0 bridgehead atoms. The number of oxazole rings is 1. The van der Waals surface area contributed by atoms with Gasteiger partial charge in [-0.3, -0.25) is 10.1 Å². The molecule has 1 aliphatic carbocycles. The number of carbonyl (C=O) groups excluding carboxylic acids is 1. The lowest BCUT2D eigenvalue weighted by Gasteiger charge is -2.01. The van der Waals surface area contributed by atoms with Crippen LogP contribution in [0.2, 0.25) is 0 Å². The molecular formula is C14H18N4O3. The first-order valence-electron chi connectivity index (χ1n) is 7.25. The Bertz CT molecular complexity index is 613. The third-order valence-corrected chi connectivity index (χ3v) is 3.62. The molecule has 2 aromatic rings. The van der Waals surface area contributed by atoms with Crippen LogP contribution < -0.4 is 5.32 Å². The molecule has 2 heterocycles. The molecule has 0 aliphatic heterocycles. The van der Waals surface area contributed by atoms with E-state index in [1.54, 1.807) is 13.1 Å². The maximum Gasteiger partial charge on any atom is 0.301 e. The number of hydrogen-bond acceptors (Lipinski definition) is 6. The normalized spacial score (nSPS) is 15.5. The Balaban J connectivity index is 1.49. The van der Waals surface area contributed by atoms with Gasteiger partial charge in [0.25, 0.3) is 0 Å². The van der Waals surface area contributed by atoms with E-state index in [1.165, 1.54) is 12.8 Å². The summed E-state index contributed by atoms with van der Waals surface area (Å²) in [5.41, 5.74) is 0. The standard InChI is InChI=1S/C14H18N4O3/c1-9-8-15-14(20-9)16-11(19)6-7-12-17-18-13(21-12)10-4-2-3-5-10/h8,10H,2-7H2,1H3,(H,15,16,19). The Kier molecular flexibility index (Phi) is 3.98. The molecule has 0 unspecified atom stereocenters. The SMILES string of the molecule is Cc1cnc(NC(=O)CCc2nnc(C3CCCC3)o2)o1. The van der Waals surface area contributed by atoms with E-state index >= 15 is 0 Å². The second-order valence-electron chi connectivity index (χ2n) is 5.34. The molecule has 0 atom stereocenters. The average Bonchev–Trinajstić information content (AvgIpc) is 3.17. The molecule has 0 aromatic carbocycles. The van der Waals surface area contributed by atoms with Crippen molar-refractivity contribution in [3.63, 3.8) is 0 Å². The predicted octanol–water partition coefficient (Wildman–Crippen LogP) is 2.59. The van der Waals surface area contributed by atoms with Gasteiger partial charge in [-0.15, -0.1) is 10.2 Å². The largest absolute Gasteiger partial charge is 0.429 e. The number of aromatic nitrogens is 3. The molecule has 21 heavy (non-hydrogen) atoms. The van der Waals surface area contributed by atoms with Gasteiger partial charge in [0.15, 0.2) is 0 Å². The average molecular weight is 290 g/mol. The van der Waals surface area contributed by atoms with Gasteiger partial charge in [-0.05, 0) is 19.8 Å². The highest BCUT2D eigenvalue weighted by molar-refractivity contribution is 5.88. The fraction of sp³-hybridized carbons (Fsp3) is 0.571. The molecule has 112 valence electrons. The van der Waals surface area contributed by atoms with Crippen molar-refractivity contribution >= 4 is 11.9 Å². The third kappa shape index (κ3) is 3.48. The fourth-order valence-corrected chi connectivity index (χ4v) is 2.52. The van der Waals surface area contributed by atoms with Crippen LogP contribution in [0, 0.1) is 6.92 Å². The van der Waals surface area contributed by atoms with Gasteiger partial charge in [-0.1, -0.05) is 12.8 Å². The number of rotatable bonds is 5. The molecule has 0 spiro atoms. The molecule has 3 rings (SSSR count). The quantitative estimate of drug-likeness (QED) is 0.909. The number of nitrogens with zero attached hydrogens (tertiary/aromatic N) is 3. The Hall–Kier alpha value is -2.18. The smallest absolute Gasteiger partial charge is 0.301 e. The molecule has 1 fully saturated rings. The summed E-state index contributed by atoms with van der Waals surface area (Å²) >= 11 is 0. The summed E-state index contributed by atoms with van der Waals surface area (Å²) in [7, 11) is 0. The highest BCUT2D eigenvalue weighted by atomic mass is 16.4. The highest BCUT2D eigenvalue weighted by Gasteiger charge is 2.22. The summed E-state index contributed by atoms with van der Waals surface area (Å²) in [5.74, 6) is 2.10. The molecule has 0 radical (unpaired) electrons. The van der Waals surface area contributed by atoms with Crippen molar-refractivity contribution in [2.75, 3.05) is 5.32 Å². The topological polar surface area (TPSA) is 94.1 Å². The van der Waals surface area contributed by atoms with Crippen molar-refractivity contribution in [3.05, 3.63) is 23.7 Å². The minimum absolute atomic E-state index is 0.183. The Morgan fingerprint density at radius 1 is 1.33 bits per heavy atom. The summed E-state index contributed by atoms with van der Waals surface area (Å²) < 4.78 is 10.8. The molecule has 0 saturated heterocycles. The molecule has 1 amide bonds. The lowest BCUT2D eigenvalue weighted by atomic mass is 10.1. The van der Waals surface area contributed by atoms with Gasteiger partial charge in [0.1, 0.15) is 5.76 Å². The zero-order chi connectivity index (χ0) is 14.7. The Labute approximate surface area is 122 Å². The Morgan fingerprint density at radius 3 is 2.86 bits per heavy atom. The van der Waals surface area contributed by atoms with E-state index in [0.29, 0.717) is 29.9 Å². The van der Waals surface area contributed by atoms with Gasteiger partial charge in [0.2, 0.25) is 17.7 Å². The molecule has 2 aromatic heterocycles. The van der Waals surface area contributed by atoms with E-state index in [1.807, 2.05) is 0 Å². The summed E-state index contributed by atoms with van der Waals surface area (Å²) in [4.78, 5) is 15.7. The predicted molar refractivity (Wildman–Crippen MR) is 73.7 cm³/mol. The molecule has 7 nitrogen and oxygen atoms in total. The van der Waals surface area contributed by atoms with E-state index in [9.17, 15) is 4.79 Å². The van der Waals surface area contributed by atoms with Crippen molar-refractivity contribution in [1.82, 2.24) is 15.2 Å². The van der Waals surface area contributed by atoms with Crippen molar-refractivity contribution in [3.8, 4) is 0 Å². The van der Waals surface area contributed by atoms with E-state index in [4.69, 9.17) is 8.83 Å². The van der Waals surface area contributed by atoms with Crippen molar-refractivity contribution in [1.29, 1.82) is 0 Å². The number of carbonyl (C=O) groups is 1. The van der Waals surface area contributed by atoms with Crippen molar-refractivity contribution < 1.29 is 13.6 Å². The molecule has 1 aliphatic rings. The maximum absolute atomic E-state index is 11.8. The van der Waals surface area contributed by atoms with E-state index in [2.05, 4.69) is 20.5 Å². The lowest BCUT2D eigenvalue weighted by Crippen LogP contribution is -2.12. The number of nitrogens with one attached hydrogen (secondary N) is 1. The van der Waals surface area contributed by atoms with Crippen LogP contribution in [-0.4, -0.2) is 21.1 Å². The van der Waals surface area contributed by atoms with Gasteiger partial charge in [-0.25, -0.2) is 4.98 Å². The van der Waals surface area contributed by atoms with Crippen LogP contribution in [0.4, 0.5) is 6.01 Å². The van der Waals surface area contributed by atoms with Crippen LogP contribution in [0.1, 0.15) is 55.6 Å². The first-order chi connectivity index (χ1) is 10.2. The Morgan fingerprint density at radius 2 is 2.14 bits per heavy atom. The second kappa shape index (κ2) is 6.07. The van der Waals surface area contributed by atoms with Gasteiger partial charge < -0.3 is 8.83 Å². The number of anilines is 1. The van der Waals surface area contributed by atoms with Crippen LogP contribution in [0.15, 0.2) is 15.0 Å². The van der Waals surface area contributed by atoms with E-state index in [0.717, 1.165) is 12.8 Å². The fourth-order valence-electron chi connectivity index (χ4n) is 2.52. The van der Waals surface area contributed by atoms with Crippen LogP contribution in [-0.2, 0) is 11.2 Å². The maximum atomic E-state index is 11.8. The lowest BCUT2D eigenvalue weighted by molar-refractivity contribution is -0.116. The highest BCUT2D eigenvalue weighted by Crippen LogP contribution is 2.33. The zero-order valence-corrected chi connectivity index (χ0v) is 12.0. The van der Waals surface area contributed by atoms with Crippen LogP contribution in [0.3, 0.4) is 0 Å². The molecule has 7 heteroatoms. The number of hydrogen-bond donors (Lipinski definition) is 1. The van der Waals surface area contributed by atoms with Crippen LogP contribution in [0.25, 0.3) is 0 Å². The molecule has 1 saturated carbocycles. The van der Waals surface area contributed by atoms with Crippen LogP contribution in [0.5, 0.6) is 0 Å². The number of amides is 1. The van der Waals surface area contributed by atoms with Gasteiger partial charge in [0, 0.05) is 18.8 Å². The second-order valence-corrected chi connectivity index (χ2v) is 5.34. The number of aryl methyl sites for hydroxylation is 2. The van der Waals surface area contributed by atoms with Gasteiger partial charge in [-0.2, -0.15) is 0 Å². The minimum atomic E-state index is -0.183. The van der Waals surface area contributed by atoms with Crippen molar-refractivity contribution in [2.45, 2.75) is 51.4 Å². The van der Waals surface area contributed by atoms with E-state index < -0.39 is 0 Å². The molecule has 1 N–H and O–H groups in total. The van der Waals surface area contributed by atoms with E-state index in [-0.39, 0.29) is 18.3 Å². The molecular weight excluding hydrogens is 272 g/mol. The van der Waals surface area contributed by atoms with Crippen molar-refractivity contribution in [2.24, 2.45) is 0 Å². The third-order valence-electron chi connectivity index (χ3n) is 3.62. The van der Waals surface area contributed by atoms with Gasteiger partial charge in [0.05, 0.1) is 6.20 Å². The first kappa shape index (κ1) is 13.8. The first-order valence-corrected chi connectivity index (χ1v) is 7.25. The summed E-state index contributed by atoms with van der Waals surface area (Å²) in [5, 5.41) is 10.7. The summed E-state index contributed by atoms with van der Waals surface area (Å²) in [6.07, 6.45) is 6.92. The minimum Gasteiger partial charge on any atom is -0.429 e. The summed E-state index contributed by atoms with van der Waals surface area (Å²) in [6, 6.07) is 0.217. The van der Waals surface area contributed by atoms with Crippen LogP contribution >= 0.6 is 0 Å². The summed E-state index contributed by atoms with van der Waals surface area (Å²) in [6.45, 7) is 1.77. The van der Waals surface area contributed by atoms with Gasteiger partial charge >= 0.3 is 6.01 Å². The monoisotopic (exact) mass is 290 g/mol. The zero-order valence-electron chi connectivity index (χ0n) is 12.0.